The maximum absolute atomic E-state index is 12.5. The summed E-state index contributed by atoms with van der Waals surface area (Å²) in [4.78, 5) is 24.8. The molecule has 1 aliphatic rings. The lowest BCUT2D eigenvalue weighted by atomic mass is 9.83. The van der Waals surface area contributed by atoms with E-state index in [0.717, 1.165) is 19.3 Å². The van der Waals surface area contributed by atoms with Gasteiger partial charge in [0, 0.05) is 0 Å². The van der Waals surface area contributed by atoms with Gasteiger partial charge in [0.2, 0.25) is 0 Å². The topological polar surface area (TPSA) is 52.6 Å². The molecule has 0 aromatic heterocycles. The molecule has 0 heterocycles. The molecule has 156 valence electrons. The van der Waals surface area contributed by atoms with Crippen LogP contribution in [0.4, 0.5) is 0 Å². The first-order chi connectivity index (χ1) is 13.1. The molecule has 0 radical (unpaired) electrons. The lowest BCUT2D eigenvalue weighted by molar-refractivity contribution is -0.161. The minimum absolute atomic E-state index is 0.243. The molecule has 1 rings (SSSR count). The highest BCUT2D eigenvalue weighted by molar-refractivity contribution is 5.82. The number of hydrogen-bond donors (Lipinski definition) is 0. The Kier molecular flexibility index (Phi) is 12.9. The summed E-state index contributed by atoms with van der Waals surface area (Å²) in [5, 5.41) is 0. The summed E-state index contributed by atoms with van der Waals surface area (Å²) in [7, 11) is 0. The molecule has 0 bridgehead atoms. The van der Waals surface area contributed by atoms with Crippen molar-refractivity contribution in [3.63, 3.8) is 0 Å². The zero-order valence-electron chi connectivity index (χ0n) is 17.7. The van der Waals surface area contributed by atoms with E-state index < -0.39 is 11.8 Å². The van der Waals surface area contributed by atoms with E-state index in [1.54, 1.807) is 0 Å². The van der Waals surface area contributed by atoms with Gasteiger partial charge in [0.25, 0.3) is 0 Å². The van der Waals surface area contributed by atoms with E-state index in [2.05, 4.69) is 20.8 Å². The van der Waals surface area contributed by atoms with Gasteiger partial charge < -0.3 is 9.47 Å². The van der Waals surface area contributed by atoms with Gasteiger partial charge in [0.05, 0.1) is 25.0 Å². The van der Waals surface area contributed by atoms with Crippen molar-refractivity contribution in [3.8, 4) is 0 Å². The van der Waals surface area contributed by atoms with Crippen molar-refractivity contribution in [2.24, 2.45) is 17.8 Å². The van der Waals surface area contributed by atoms with E-state index in [9.17, 15) is 9.59 Å². The third kappa shape index (κ3) is 9.97. The van der Waals surface area contributed by atoms with Gasteiger partial charge in [-0.2, -0.15) is 0 Å². The van der Waals surface area contributed by atoms with Gasteiger partial charge >= 0.3 is 11.9 Å². The van der Waals surface area contributed by atoms with Crippen molar-refractivity contribution >= 4 is 11.9 Å². The summed E-state index contributed by atoms with van der Waals surface area (Å²) in [6, 6.07) is 0. The van der Waals surface area contributed by atoms with Crippen LogP contribution in [0.2, 0.25) is 0 Å². The van der Waals surface area contributed by atoms with Gasteiger partial charge in [0.15, 0.2) is 0 Å². The largest absolute Gasteiger partial charge is 0.465 e. The lowest BCUT2D eigenvalue weighted by Gasteiger charge is -2.25. The fourth-order valence-corrected chi connectivity index (χ4v) is 3.30. The fraction of sp³-hybridized carbons (Fsp3) is 0.826. The molecule has 0 fully saturated rings. The maximum Gasteiger partial charge on any atom is 0.310 e. The molecule has 3 unspecified atom stereocenters. The molecule has 27 heavy (non-hydrogen) atoms. The fourth-order valence-electron chi connectivity index (χ4n) is 3.30. The van der Waals surface area contributed by atoms with E-state index in [1.807, 2.05) is 12.2 Å². The average molecular weight is 381 g/mol. The van der Waals surface area contributed by atoms with Crippen LogP contribution >= 0.6 is 0 Å². The number of allylic oxidation sites excluding steroid dienone is 2. The highest BCUT2D eigenvalue weighted by atomic mass is 16.5. The molecule has 1 aliphatic carbocycles. The zero-order chi connectivity index (χ0) is 19.9. The van der Waals surface area contributed by atoms with Gasteiger partial charge in [-0.3, -0.25) is 9.59 Å². The Labute approximate surface area is 166 Å². The molecule has 0 saturated heterocycles. The van der Waals surface area contributed by atoms with Gasteiger partial charge in [0.1, 0.15) is 0 Å². The smallest absolute Gasteiger partial charge is 0.310 e. The molecular formula is C23H40O4. The molecule has 0 amide bonds. The summed E-state index contributed by atoms with van der Waals surface area (Å²) in [5.41, 5.74) is 0. The Morgan fingerprint density at radius 3 is 1.93 bits per heavy atom. The quantitative estimate of drug-likeness (QED) is 0.216. The summed E-state index contributed by atoms with van der Waals surface area (Å²) in [5.74, 6) is -0.944. The maximum atomic E-state index is 12.5. The van der Waals surface area contributed by atoms with Crippen LogP contribution in [0.25, 0.3) is 0 Å². The van der Waals surface area contributed by atoms with E-state index >= 15 is 0 Å². The molecule has 0 aromatic carbocycles. The Hall–Kier alpha value is -1.32. The van der Waals surface area contributed by atoms with Gasteiger partial charge in [-0.25, -0.2) is 0 Å². The van der Waals surface area contributed by atoms with Crippen molar-refractivity contribution < 1.29 is 19.1 Å². The van der Waals surface area contributed by atoms with Crippen LogP contribution in [-0.4, -0.2) is 25.2 Å². The molecule has 3 atom stereocenters. The number of carbonyl (C=O) groups excluding carboxylic acids is 2. The molecule has 0 spiro atoms. The third-order valence-electron chi connectivity index (χ3n) is 5.49. The predicted molar refractivity (Wildman–Crippen MR) is 109 cm³/mol. The van der Waals surface area contributed by atoms with Crippen LogP contribution in [-0.2, 0) is 19.1 Å². The van der Waals surface area contributed by atoms with E-state index in [-0.39, 0.29) is 11.9 Å². The van der Waals surface area contributed by atoms with E-state index in [4.69, 9.17) is 9.47 Å². The number of unbranched alkanes of at least 4 members (excludes halogenated alkanes) is 7. The van der Waals surface area contributed by atoms with Crippen LogP contribution in [0.1, 0.15) is 91.4 Å². The molecule has 0 aliphatic heterocycles. The normalized spacial score (nSPS) is 20.3. The highest BCUT2D eigenvalue weighted by Crippen LogP contribution is 2.28. The highest BCUT2D eigenvalue weighted by Gasteiger charge is 2.36. The first kappa shape index (κ1) is 23.7. The Morgan fingerprint density at radius 2 is 1.37 bits per heavy atom. The van der Waals surface area contributed by atoms with Gasteiger partial charge in [-0.05, 0) is 25.2 Å². The molecule has 0 saturated carbocycles. The zero-order valence-corrected chi connectivity index (χ0v) is 17.7. The summed E-state index contributed by atoms with van der Waals surface area (Å²) < 4.78 is 10.9. The molecule has 4 heteroatoms. The Bertz CT molecular complexity index is 444. The van der Waals surface area contributed by atoms with Crippen molar-refractivity contribution in [1.82, 2.24) is 0 Å². The minimum atomic E-state index is -0.398. The SMILES string of the molecule is CCCCCCCCCCOC(=O)C1CC=CCC1C(=O)OCC(C)CC. The Balaban J connectivity index is 2.26. The summed E-state index contributed by atoms with van der Waals surface area (Å²) in [6.45, 7) is 7.25. The summed E-state index contributed by atoms with van der Waals surface area (Å²) >= 11 is 0. The molecule has 0 N–H and O–H groups in total. The second kappa shape index (κ2) is 14.7. The van der Waals surface area contributed by atoms with Crippen LogP contribution in [0.5, 0.6) is 0 Å². The Morgan fingerprint density at radius 1 is 0.852 bits per heavy atom. The monoisotopic (exact) mass is 380 g/mol. The molecule has 4 nitrogen and oxygen atoms in total. The number of hydrogen-bond acceptors (Lipinski definition) is 4. The number of ether oxygens (including phenoxy) is 2. The van der Waals surface area contributed by atoms with E-state index in [1.165, 1.54) is 38.5 Å². The first-order valence-corrected chi connectivity index (χ1v) is 11.1. The van der Waals surface area contributed by atoms with Crippen molar-refractivity contribution in [2.45, 2.75) is 91.4 Å². The second-order valence-electron chi connectivity index (χ2n) is 7.94. The number of carbonyl (C=O) groups is 2. The number of esters is 2. The van der Waals surface area contributed by atoms with Crippen LogP contribution in [0, 0.1) is 17.8 Å². The van der Waals surface area contributed by atoms with Crippen LogP contribution in [0.3, 0.4) is 0 Å². The predicted octanol–water partition coefficient (Wildman–Crippen LogP) is 5.84. The lowest BCUT2D eigenvalue weighted by Crippen LogP contribution is -2.34. The molecular weight excluding hydrogens is 340 g/mol. The first-order valence-electron chi connectivity index (χ1n) is 11.1. The van der Waals surface area contributed by atoms with Crippen LogP contribution < -0.4 is 0 Å². The van der Waals surface area contributed by atoms with Gasteiger partial charge in [-0.1, -0.05) is 84.3 Å². The van der Waals surface area contributed by atoms with Crippen LogP contribution in [0.15, 0.2) is 12.2 Å². The van der Waals surface area contributed by atoms with E-state index in [0.29, 0.717) is 32.0 Å². The number of rotatable bonds is 14. The third-order valence-corrected chi connectivity index (χ3v) is 5.49. The van der Waals surface area contributed by atoms with Crippen molar-refractivity contribution in [3.05, 3.63) is 12.2 Å². The van der Waals surface area contributed by atoms with Crippen molar-refractivity contribution in [1.29, 1.82) is 0 Å². The standard InChI is InChI=1S/C23H40O4/c1-4-6-7-8-9-10-11-14-17-26-22(24)20-15-12-13-16-21(20)23(25)27-18-19(3)5-2/h12-13,19-21H,4-11,14-18H2,1-3H3. The second-order valence-corrected chi connectivity index (χ2v) is 7.94. The van der Waals surface area contributed by atoms with Gasteiger partial charge in [-0.15, -0.1) is 0 Å². The summed E-state index contributed by atoms with van der Waals surface area (Å²) in [6.07, 6.45) is 15.8. The van der Waals surface area contributed by atoms with Crippen molar-refractivity contribution in [2.75, 3.05) is 13.2 Å². The average Bonchev–Trinajstić information content (AvgIpc) is 2.70. The minimum Gasteiger partial charge on any atom is -0.465 e. The molecule has 0 aromatic rings.